The quantitative estimate of drug-likeness (QED) is 0.436. The van der Waals surface area contributed by atoms with E-state index in [0.717, 1.165) is 12.1 Å². The van der Waals surface area contributed by atoms with Crippen molar-refractivity contribution < 1.29 is 23.1 Å². The fraction of sp³-hybridized carbons (Fsp3) is 0.0625. The van der Waals surface area contributed by atoms with Gasteiger partial charge in [0.2, 0.25) is 0 Å². The van der Waals surface area contributed by atoms with E-state index in [1.807, 2.05) is 0 Å². The van der Waals surface area contributed by atoms with Crippen LogP contribution >= 0.6 is 12.2 Å². The Labute approximate surface area is 146 Å². The number of aromatic carboxylic acids is 1. The van der Waals surface area contributed by atoms with Gasteiger partial charge in [0.1, 0.15) is 0 Å². The topological polar surface area (TPSA) is 73.7 Å². The van der Waals surface area contributed by atoms with Gasteiger partial charge in [-0.25, -0.2) is 4.79 Å². The number of hydrogen-bond acceptors (Lipinski definition) is 3. The smallest absolute Gasteiger partial charge is 0.416 e. The van der Waals surface area contributed by atoms with E-state index in [2.05, 4.69) is 15.8 Å². The maximum absolute atomic E-state index is 12.6. The van der Waals surface area contributed by atoms with Gasteiger partial charge >= 0.3 is 12.1 Å². The Morgan fingerprint density at radius 2 is 1.84 bits per heavy atom. The Morgan fingerprint density at radius 1 is 1.16 bits per heavy atom. The number of halogens is 3. The molecule has 0 amide bonds. The summed E-state index contributed by atoms with van der Waals surface area (Å²) in [6.07, 6.45) is -3.04. The third-order valence-corrected chi connectivity index (χ3v) is 3.18. The molecule has 0 atom stereocenters. The molecular formula is C16H12F3N3O2S. The van der Waals surface area contributed by atoms with Gasteiger partial charge in [-0.2, -0.15) is 18.3 Å². The number of nitrogens with zero attached hydrogens (tertiary/aromatic N) is 1. The van der Waals surface area contributed by atoms with Crippen LogP contribution in [0.2, 0.25) is 0 Å². The Bertz CT molecular complexity index is 805. The summed E-state index contributed by atoms with van der Waals surface area (Å²) in [5, 5.41) is 15.2. The van der Waals surface area contributed by atoms with Crippen molar-refractivity contribution in [1.29, 1.82) is 0 Å². The van der Waals surface area contributed by atoms with Gasteiger partial charge in [0.25, 0.3) is 0 Å². The molecule has 0 spiro atoms. The van der Waals surface area contributed by atoms with Gasteiger partial charge in [0.15, 0.2) is 5.11 Å². The minimum atomic E-state index is -4.44. The van der Waals surface area contributed by atoms with Gasteiger partial charge in [-0.1, -0.05) is 18.2 Å². The predicted molar refractivity (Wildman–Crippen MR) is 91.8 cm³/mol. The van der Waals surface area contributed by atoms with Crippen LogP contribution in [0.15, 0.2) is 53.6 Å². The van der Waals surface area contributed by atoms with Crippen molar-refractivity contribution in [2.24, 2.45) is 5.10 Å². The third-order valence-electron chi connectivity index (χ3n) is 2.99. The molecule has 0 saturated carbocycles. The van der Waals surface area contributed by atoms with E-state index < -0.39 is 17.7 Å². The van der Waals surface area contributed by atoms with Crippen molar-refractivity contribution in [2.45, 2.75) is 6.18 Å². The highest BCUT2D eigenvalue weighted by Gasteiger charge is 2.30. The van der Waals surface area contributed by atoms with E-state index >= 15 is 0 Å². The average molecular weight is 367 g/mol. The molecule has 2 aromatic carbocycles. The number of benzene rings is 2. The lowest BCUT2D eigenvalue weighted by Crippen LogP contribution is -2.24. The summed E-state index contributed by atoms with van der Waals surface area (Å²) in [6, 6.07) is 10.5. The molecule has 0 aliphatic rings. The van der Waals surface area contributed by atoms with Gasteiger partial charge in [0, 0.05) is 5.69 Å². The number of hydrogen-bond donors (Lipinski definition) is 3. The second kappa shape index (κ2) is 7.75. The lowest BCUT2D eigenvalue weighted by molar-refractivity contribution is -0.137. The molecule has 0 aliphatic heterocycles. The molecule has 0 bridgehead atoms. The van der Waals surface area contributed by atoms with Gasteiger partial charge < -0.3 is 10.4 Å². The number of anilines is 1. The van der Waals surface area contributed by atoms with E-state index in [-0.39, 0.29) is 16.4 Å². The molecule has 25 heavy (non-hydrogen) atoms. The summed E-state index contributed by atoms with van der Waals surface area (Å²) in [5.74, 6) is -1.03. The second-order valence-electron chi connectivity index (χ2n) is 4.83. The van der Waals surface area contributed by atoms with Crippen LogP contribution in [-0.2, 0) is 6.18 Å². The zero-order valence-corrected chi connectivity index (χ0v) is 13.4. The fourth-order valence-corrected chi connectivity index (χ4v) is 1.98. The summed E-state index contributed by atoms with van der Waals surface area (Å²) in [5.41, 5.74) is 2.62. The Kier molecular flexibility index (Phi) is 5.71. The number of carboxylic acid groups (broad SMARTS) is 1. The van der Waals surface area contributed by atoms with Crippen LogP contribution in [0, 0.1) is 0 Å². The first-order chi connectivity index (χ1) is 11.8. The van der Waals surface area contributed by atoms with Gasteiger partial charge in [0.05, 0.1) is 17.3 Å². The molecule has 0 heterocycles. The van der Waals surface area contributed by atoms with Crippen LogP contribution in [-0.4, -0.2) is 22.4 Å². The zero-order chi connectivity index (χ0) is 18.4. The fourth-order valence-electron chi connectivity index (χ4n) is 1.81. The Hall–Kier alpha value is -2.94. The molecular weight excluding hydrogens is 355 g/mol. The largest absolute Gasteiger partial charge is 0.478 e. The monoisotopic (exact) mass is 367 g/mol. The molecule has 2 rings (SSSR count). The van der Waals surface area contributed by atoms with Crippen molar-refractivity contribution in [1.82, 2.24) is 5.43 Å². The molecule has 130 valence electrons. The number of nitrogens with one attached hydrogen (secondary N) is 2. The van der Waals surface area contributed by atoms with Crippen LogP contribution in [0.5, 0.6) is 0 Å². The standard InChI is InChI=1S/C16H12F3N3O2S/c17-16(18,19)12-2-1-3-13(8-12)21-15(25)22-20-9-10-4-6-11(7-5-10)14(23)24/h1-9H,(H,23,24)(H2,21,22,25)/b20-9+. The van der Waals surface area contributed by atoms with E-state index in [0.29, 0.717) is 5.56 Å². The number of carbonyl (C=O) groups is 1. The molecule has 5 nitrogen and oxygen atoms in total. The van der Waals surface area contributed by atoms with Crippen molar-refractivity contribution >= 4 is 35.2 Å². The summed E-state index contributed by atoms with van der Waals surface area (Å²) in [7, 11) is 0. The SMILES string of the molecule is O=C(O)c1ccc(/C=N/NC(=S)Nc2cccc(C(F)(F)F)c2)cc1. The molecule has 0 radical (unpaired) electrons. The summed E-state index contributed by atoms with van der Waals surface area (Å²) >= 11 is 4.95. The molecule has 0 saturated heterocycles. The Balaban J connectivity index is 1.93. The third kappa shape index (κ3) is 5.57. The van der Waals surface area contributed by atoms with Crippen LogP contribution in [0.4, 0.5) is 18.9 Å². The van der Waals surface area contributed by atoms with Crippen molar-refractivity contribution in [3.8, 4) is 0 Å². The summed E-state index contributed by atoms with van der Waals surface area (Å²) < 4.78 is 37.9. The van der Waals surface area contributed by atoms with Crippen LogP contribution in [0.25, 0.3) is 0 Å². The second-order valence-corrected chi connectivity index (χ2v) is 5.24. The lowest BCUT2D eigenvalue weighted by Gasteiger charge is -2.10. The summed E-state index contributed by atoms with van der Waals surface area (Å²) in [4.78, 5) is 10.7. The van der Waals surface area contributed by atoms with Gasteiger partial charge in [-0.05, 0) is 48.1 Å². The normalized spacial score (nSPS) is 11.3. The van der Waals surface area contributed by atoms with Crippen LogP contribution in [0.3, 0.4) is 0 Å². The molecule has 3 N–H and O–H groups in total. The minimum Gasteiger partial charge on any atom is -0.478 e. The summed E-state index contributed by atoms with van der Waals surface area (Å²) in [6.45, 7) is 0. The molecule has 0 aromatic heterocycles. The zero-order valence-electron chi connectivity index (χ0n) is 12.5. The first kappa shape index (κ1) is 18.4. The number of thiocarbonyl (C=S) groups is 1. The van der Waals surface area contributed by atoms with Crippen LogP contribution < -0.4 is 10.7 Å². The molecule has 0 unspecified atom stereocenters. The number of hydrazone groups is 1. The first-order valence-corrected chi connectivity index (χ1v) is 7.27. The van der Waals surface area contributed by atoms with E-state index in [1.54, 1.807) is 12.1 Å². The highest BCUT2D eigenvalue weighted by molar-refractivity contribution is 7.80. The van der Waals surface area contributed by atoms with Crippen LogP contribution in [0.1, 0.15) is 21.5 Å². The maximum atomic E-state index is 12.6. The Morgan fingerprint density at radius 3 is 2.44 bits per heavy atom. The van der Waals surface area contributed by atoms with Gasteiger partial charge in [-0.3, -0.25) is 5.43 Å². The number of carboxylic acids is 1. The van der Waals surface area contributed by atoms with Crippen molar-refractivity contribution in [2.75, 3.05) is 5.32 Å². The van der Waals surface area contributed by atoms with E-state index in [1.165, 1.54) is 30.5 Å². The highest BCUT2D eigenvalue weighted by atomic mass is 32.1. The minimum absolute atomic E-state index is 0.0118. The average Bonchev–Trinajstić information content (AvgIpc) is 2.55. The maximum Gasteiger partial charge on any atom is 0.416 e. The molecule has 9 heteroatoms. The number of alkyl halides is 3. The highest BCUT2D eigenvalue weighted by Crippen LogP contribution is 2.30. The van der Waals surface area contributed by atoms with E-state index in [9.17, 15) is 18.0 Å². The first-order valence-electron chi connectivity index (χ1n) is 6.86. The van der Waals surface area contributed by atoms with Gasteiger partial charge in [-0.15, -0.1) is 0 Å². The predicted octanol–water partition coefficient (Wildman–Crippen LogP) is 3.72. The van der Waals surface area contributed by atoms with Crippen molar-refractivity contribution in [3.63, 3.8) is 0 Å². The number of rotatable bonds is 4. The lowest BCUT2D eigenvalue weighted by atomic mass is 10.1. The van der Waals surface area contributed by atoms with Crippen molar-refractivity contribution in [3.05, 3.63) is 65.2 Å². The molecule has 0 fully saturated rings. The van der Waals surface area contributed by atoms with E-state index in [4.69, 9.17) is 17.3 Å². The molecule has 0 aliphatic carbocycles. The molecule has 2 aromatic rings.